The smallest absolute Gasteiger partial charge is 0.263 e. The van der Waals surface area contributed by atoms with Crippen LogP contribution in [0, 0.1) is 0 Å². The Kier molecular flexibility index (Phi) is 6.16. The molecule has 1 unspecified atom stereocenters. The third kappa shape index (κ3) is 4.09. The molecule has 0 saturated carbocycles. The van der Waals surface area contributed by atoms with Gasteiger partial charge >= 0.3 is 0 Å². The van der Waals surface area contributed by atoms with Crippen LogP contribution in [0.5, 0.6) is 11.5 Å². The van der Waals surface area contributed by atoms with Crippen molar-refractivity contribution in [2.24, 2.45) is 0 Å². The van der Waals surface area contributed by atoms with Crippen LogP contribution in [0.4, 0.5) is 5.69 Å². The van der Waals surface area contributed by atoms with Crippen LogP contribution in [0.1, 0.15) is 27.6 Å². The summed E-state index contributed by atoms with van der Waals surface area (Å²) in [6.45, 7) is 3.56. The van der Waals surface area contributed by atoms with E-state index in [1.165, 1.54) is 14.2 Å². The number of rotatable bonds is 5. The molecular formula is C21H24N2O5. The largest absolute Gasteiger partial charge is 0.496 e. The predicted octanol–water partition coefficient (Wildman–Crippen LogP) is 2.82. The highest BCUT2D eigenvalue weighted by molar-refractivity contribution is 6.08. The SMILES string of the molecule is COc1cccc(OC)c1C(=O)Nc1cccc(C(=O)N2CCOCC2C)c1. The first-order chi connectivity index (χ1) is 13.5. The lowest BCUT2D eigenvalue weighted by Gasteiger charge is -2.33. The standard InChI is InChI=1S/C21H24N2O5/c1-14-13-28-11-10-23(14)21(25)15-6-4-7-16(12-15)22-20(24)19-17(26-2)8-5-9-18(19)27-3/h4-9,12,14H,10-11,13H2,1-3H3,(H,22,24). The number of carbonyl (C=O) groups is 2. The van der Waals surface area contributed by atoms with Crippen molar-refractivity contribution >= 4 is 17.5 Å². The molecule has 1 aliphatic heterocycles. The van der Waals surface area contributed by atoms with Crippen LogP contribution >= 0.6 is 0 Å². The minimum atomic E-state index is -0.376. The zero-order valence-corrected chi connectivity index (χ0v) is 16.2. The number of hydrogen-bond donors (Lipinski definition) is 1. The van der Waals surface area contributed by atoms with Gasteiger partial charge in [-0.15, -0.1) is 0 Å². The van der Waals surface area contributed by atoms with Gasteiger partial charge in [-0.05, 0) is 37.3 Å². The van der Waals surface area contributed by atoms with Crippen LogP contribution in [0.25, 0.3) is 0 Å². The molecule has 7 nitrogen and oxygen atoms in total. The van der Waals surface area contributed by atoms with Crippen molar-refractivity contribution < 1.29 is 23.8 Å². The second kappa shape index (κ2) is 8.75. The normalized spacial score (nSPS) is 16.4. The quantitative estimate of drug-likeness (QED) is 0.858. The number of hydrogen-bond acceptors (Lipinski definition) is 5. The summed E-state index contributed by atoms with van der Waals surface area (Å²) in [5, 5.41) is 2.82. The van der Waals surface area contributed by atoms with Gasteiger partial charge in [0, 0.05) is 17.8 Å². The number of benzene rings is 2. The van der Waals surface area contributed by atoms with E-state index in [0.717, 1.165) is 0 Å². The first-order valence-electron chi connectivity index (χ1n) is 9.06. The number of methoxy groups -OCH3 is 2. The van der Waals surface area contributed by atoms with Crippen LogP contribution in [-0.2, 0) is 4.74 Å². The van der Waals surface area contributed by atoms with Crippen molar-refractivity contribution in [2.75, 3.05) is 39.3 Å². The fourth-order valence-corrected chi connectivity index (χ4v) is 3.19. The molecule has 2 aromatic rings. The number of amides is 2. The Morgan fingerprint density at radius 1 is 1.11 bits per heavy atom. The van der Waals surface area contributed by atoms with E-state index in [1.807, 2.05) is 6.92 Å². The Balaban J connectivity index is 1.82. The maximum Gasteiger partial charge on any atom is 0.263 e. The molecule has 0 radical (unpaired) electrons. The molecule has 1 atom stereocenters. The maximum atomic E-state index is 12.8. The topological polar surface area (TPSA) is 77.1 Å². The van der Waals surface area contributed by atoms with E-state index in [2.05, 4.69) is 5.32 Å². The number of carbonyl (C=O) groups excluding carboxylic acids is 2. The molecule has 0 spiro atoms. The average Bonchev–Trinajstić information content (AvgIpc) is 2.73. The van der Waals surface area contributed by atoms with Crippen LogP contribution in [0.3, 0.4) is 0 Å². The molecule has 0 aliphatic carbocycles. The molecule has 1 N–H and O–H groups in total. The van der Waals surface area contributed by atoms with Gasteiger partial charge < -0.3 is 24.4 Å². The molecule has 2 amide bonds. The molecule has 0 aromatic heterocycles. The molecule has 1 saturated heterocycles. The monoisotopic (exact) mass is 384 g/mol. The lowest BCUT2D eigenvalue weighted by Crippen LogP contribution is -2.47. The van der Waals surface area contributed by atoms with E-state index in [4.69, 9.17) is 14.2 Å². The summed E-state index contributed by atoms with van der Waals surface area (Å²) in [6, 6.07) is 12.0. The lowest BCUT2D eigenvalue weighted by atomic mass is 10.1. The van der Waals surface area contributed by atoms with Crippen molar-refractivity contribution in [3.05, 3.63) is 53.6 Å². The van der Waals surface area contributed by atoms with E-state index in [9.17, 15) is 9.59 Å². The Morgan fingerprint density at radius 3 is 2.43 bits per heavy atom. The summed E-state index contributed by atoms with van der Waals surface area (Å²) in [7, 11) is 2.99. The summed E-state index contributed by atoms with van der Waals surface area (Å²) in [5.41, 5.74) is 1.33. The summed E-state index contributed by atoms with van der Waals surface area (Å²) < 4.78 is 16.0. The van der Waals surface area contributed by atoms with Gasteiger partial charge in [0.1, 0.15) is 17.1 Å². The van der Waals surface area contributed by atoms with E-state index in [1.54, 1.807) is 47.4 Å². The molecule has 1 aliphatic rings. The molecule has 1 fully saturated rings. The van der Waals surface area contributed by atoms with Gasteiger partial charge in [0.25, 0.3) is 11.8 Å². The summed E-state index contributed by atoms with van der Waals surface area (Å²) >= 11 is 0. The molecule has 148 valence electrons. The van der Waals surface area contributed by atoms with Crippen molar-refractivity contribution in [1.29, 1.82) is 0 Å². The number of ether oxygens (including phenoxy) is 3. The molecule has 1 heterocycles. The lowest BCUT2D eigenvalue weighted by molar-refractivity contribution is 0.00359. The Bertz CT molecular complexity index is 845. The third-order valence-corrected chi connectivity index (χ3v) is 4.65. The molecule has 2 aromatic carbocycles. The Morgan fingerprint density at radius 2 is 1.79 bits per heavy atom. The van der Waals surface area contributed by atoms with Crippen LogP contribution < -0.4 is 14.8 Å². The molecule has 0 bridgehead atoms. The van der Waals surface area contributed by atoms with E-state index < -0.39 is 0 Å². The molecule has 7 heteroatoms. The van der Waals surface area contributed by atoms with Crippen LogP contribution in [0.15, 0.2) is 42.5 Å². The zero-order valence-electron chi connectivity index (χ0n) is 16.2. The van der Waals surface area contributed by atoms with Gasteiger partial charge in [-0.3, -0.25) is 9.59 Å². The van der Waals surface area contributed by atoms with Crippen molar-refractivity contribution in [2.45, 2.75) is 13.0 Å². The minimum Gasteiger partial charge on any atom is -0.496 e. The number of anilines is 1. The van der Waals surface area contributed by atoms with Crippen LogP contribution in [-0.4, -0.2) is 56.7 Å². The van der Waals surface area contributed by atoms with Crippen molar-refractivity contribution in [3.63, 3.8) is 0 Å². The van der Waals surface area contributed by atoms with Gasteiger partial charge in [-0.25, -0.2) is 0 Å². The maximum absolute atomic E-state index is 12.8. The highest BCUT2D eigenvalue weighted by Gasteiger charge is 2.25. The van der Waals surface area contributed by atoms with Crippen molar-refractivity contribution in [1.82, 2.24) is 4.90 Å². The van der Waals surface area contributed by atoms with Crippen LogP contribution in [0.2, 0.25) is 0 Å². The van der Waals surface area contributed by atoms with Gasteiger partial charge in [0.05, 0.1) is 33.5 Å². The summed E-state index contributed by atoms with van der Waals surface area (Å²) in [5.74, 6) is 0.359. The average molecular weight is 384 g/mol. The highest BCUT2D eigenvalue weighted by Crippen LogP contribution is 2.29. The number of morpholine rings is 1. The number of nitrogens with zero attached hydrogens (tertiary/aromatic N) is 1. The second-order valence-corrected chi connectivity index (χ2v) is 6.49. The predicted molar refractivity (Wildman–Crippen MR) is 105 cm³/mol. The molecule has 3 rings (SSSR count). The van der Waals surface area contributed by atoms with Crippen molar-refractivity contribution in [3.8, 4) is 11.5 Å². The van der Waals surface area contributed by atoms with Gasteiger partial charge in [-0.1, -0.05) is 12.1 Å². The van der Waals surface area contributed by atoms with Gasteiger partial charge in [0.15, 0.2) is 0 Å². The Labute approximate surface area is 164 Å². The number of nitrogens with one attached hydrogen (secondary N) is 1. The third-order valence-electron chi connectivity index (χ3n) is 4.65. The highest BCUT2D eigenvalue weighted by atomic mass is 16.5. The zero-order chi connectivity index (χ0) is 20.1. The fraction of sp³-hybridized carbons (Fsp3) is 0.333. The minimum absolute atomic E-state index is 0.0114. The Hall–Kier alpha value is -3.06. The van der Waals surface area contributed by atoms with E-state index >= 15 is 0 Å². The molecule has 28 heavy (non-hydrogen) atoms. The molecular weight excluding hydrogens is 360 g/mol. The first kappa shape index (κ1) is 19.7. The second-order valence-electron chi connectivity index (χ2n) is 6.49. The van der Waals surface area contributed by atoms with Gasteiger partial charge in [-0.2, -0.15) is 0 Å². The first-order valence-corrected chi connectivity index (χ1v) is 9.06. The summed E-state index contributed by atoms with van der Waals surface area (Å²) in [4.78, 5) is 27.4. The summed E-state index contributed by atoms with van der Waals surface area (Å²) in [6.07, 6.45) is 0. The van der Waals surface area contributed by atoms with E-state index in [-0.39, 0.29) is 17.9 Å². The van der Waals surface area contributed by atoms with E-state index in [0.29, 0.717) is 48.1 Å². The van der Waals surface area contributed by atoms with Gasteiger partial charge in [0.2, 0.25) is 0 Å². The fourth-order valence-electron chi connectivity index (χ4n) is 3.19.